The minimum absolute atomic E-state index is 0.0679. The average Bonchev–Trinajstić information content (AvgIpc) is 3.02. The van der Waals surface area contributed by atoms with Crippen molar-refractivity contribution in [3.8, 4) is 0 Å². The maximum atomic E-state index is 6.12. The highest BCUT2D eigenvalue weighted by Gasteiger charge is 2.12. The van der Waals surface area contributed by atoms with Gasteiger partial charge in [-0.3, -0.25) is 0 Å². The first-order valence-electron chi connectivity index (χ1n) is 5.67. The minimum atomic E-state index is 0.0679. The van der Waals surface area contributed by atoms with Crippen molar-refractivity contribution < 1.29 is 4.42 Å². The molecule has 18 heavy (non-hydrogen) atoms. The topological polar surface area (TPSA) is 64.1 Å². The zero-order valence-corrected chi connectivity index (χ0v) is 10.7. The standard InChI is InChI=1S/C13H13N3OS/c1-8(10-3-2-6-17-10)16-9-4-5-11-13(12(9)14)15-7-18-11/h2-8,16H,14H2,1H3. The molecule has 0 bridgehead atoms. The molecular formula is C13H13N3OS. The van der Waals surface area contributed by atoms with E-state index in [-0.39, 0.29) is 6.04 Å². The van der Waals surface area contributed by atoms with E-state index in [2.05, 4.69) is 10.3 Å². The van der Waals surface area contributed by atoms with Gasteiger partial charge in [-0.15, -0.1) is 11.3 Å². The van der Waals surface area contributed by atoms with Crippen LogP contribution in [0.3, 0.4) is 0 Å². The smallest absolute Gasteiger partial charge is 0.125 e. The lowest BCUT2D eigenvalue weighted by molar-refractivity contribution is 0.490. The van der Waals surface area contributed by atoms with E-state index >= 15 is 0 Å². The van der Waals surface area contributed by atoms with Gasteiger partial charge in [0.1, 0.15) is 11.3 Å². The lowest BCUT2D eigenvalue weighted by Gasteiger charge is -2.14. The predicted molar refractivity (Wildman–Crippen MR) is 74.8 cm³/mol. The minimum Gasteiger partial charge on any atom is -0.467 e. The summed E-state index contributed by atoms with van der Waals surface area (Å²) in [6.45, 7) is 2.03. The van der Waals surface area contributed by atoms with E-state index in [1.807, 2.05) is 31.2 Å². The van der Waals surface area contributed by atoms with Gasteiger partial charge in [0.25, 0.3) is 0 Å². The number of furan rings is 1. The molecule has 1 atom stereocenters. The van der Waals surface area contributed by atoms with Gasteiger partial charge >= 0.3 is 0 Å². The van der Waals surface area contributed by atoms with Crippen LogP contribution in [-0.4, -0.2) is 4.98 Å². The first-order valence-corrected chi connectivity index (χ1v) is 6.55. The maximum absolute atomic E-state index is 6.12. The summed E-state index contributed by atoms with van der Waals surface area (Å²) in [6, 6.07) is 7.89. The molecule has 2 aromatic heterocycles. The van der Waals surface area contributed by atoms with Gasteiger partial charge < -0.3 is 15.5 Å². The number of nitrogens with one attached hydrogen (secondary N) is 1. The Labute approximate surface area is 108 Å². The number of anilines is 2. The molecule has 0 fully saturated rings. The number of fused-ring (bicyclic) bond motifs is 1. The molecule has 0 amide bonds. The second kappa shape index (κ2) is 4.34. The van der Waals surface area contributed by atoms with Crippen LogP contribution in [0.5, 0.6) is 0 Å². The van der Waals surface area contributed by atoms with Gasteiger partial charge in [0, 0.05) is 0 Å². The van der Waals surface area contributed by atoms with Crippen molar-refractivity contribution in [1.82, 2.24) is 4.98 Å². The van der Waals surface area contributed by atoms with E-state index in [0.29, 0.717) is 5.69 Å². The van der Waals surface area contributed by atoms with Crippen LogP contribution in [0.15, 0.2) is 40.5 Å². The number of nitrogens with two attached hydrogens (primary N) is 1. The lowest BCUT2D eigenvalue weighted by atomic mass is 10.2. The number of rotatable bonds is 3. The van der Waals surface area contributed by atoms with E-state index in [9.17, 15) is 0 Å². The van der Waals surface area contributed by atoms with Crippen molar-refractivity contribution in [2.75, 3.05) is 11.1 Å². The highest BCUT2D eigenvalue weighted by molar-refractivity contribution is 7.16. The quantitative estimate of drug-likeness (QED) is 0.705. The number of hydrogen-bond donors (Lipinski definition) is 2. The van der Waals surface area contributed by atoms with E-state index < -0.39 is 0 Å². The molecule has 0 aliphatic carbocycles. The first-order chi connectivity index (χ1) is 8.75. The summed E-state index contributed by atoms with van der Waals surface area (Å²) in [6.07, 6.45) is 1.67. The third kappa shape index (κ3) is 1.82. The van der Waals surface area contributed by atoms with E-state index in [4.69, 9.17) is 10.2 Å². The molecule has 3 aromatic rings. The van der Waals surface area contributed by atoms with Crippen molar-refractivity contribution >= 4 is 32.9 Å². The molecule has 0 spiro atoms. The summed E-state index contributed by atoms with van der Waals surface area (Å²) in [5.41, 5.74) is 10.4. The van der Waals surface area contributed by atoms with Crippen LogP contribution in [-0.2, 0) is 0 Å². The molecule has 0 radical (unpaired) electrons. The van der Waals surface area contributed by atoms with E-state index in [0.717, 1.165) is 21.7 Å². The number of aromatic nitrogens is 1. The van der Waals surface area contributed by atoms with Crippen LogP contribution in [0, 0.1) is 0 Å². The Balaban J connectivity index is 1.93. The van der Waals surface area contributed by atoms with Crippen molar-refractivity contribution in [3.63, 3.8) is 0 Å². The van der Waals surface area contributed by atoms with Crippen molar-refractivity contribution in [1.29, 1.82) is 0 Å². The van der Waals surface area contributed by atoms with Gasteiger partial charge in [0.05, 0.1) is 33.9 Å². The SMILES string of the molecule is CC(Nc1ccc2scnc2c1N)c1ccco1. The van der Waals surface area contributed by atoms with E-state index in [1.165, 1.54) is 0 Å². The Morgan fingerprint density at radius 3 is 3.06 bits per heavy atom. The highest BCUT2D eigenvalue weighted by atomic mass is 32.1. The van der Waals surface area contributed by atoms with Crippen LogP contribution >= 0.6 is 11.3 Å². The highest BCUT2D eigenvalue weighted by Crippen LogP contribution is 2.32. The Morgan fingerprint density at radius 1 is 1.39 bits per heavy atom. The van der Waals surface area contributed by atoms with Gasteiger partial charge in [-0.1, -0.05) is 0 Å². The maximum Gasteiger partial charge on any atom is 0.125 e. The van der Waals surface area contributed by atoms with Crippen LogP contribution in [0.25, 0.3) is 10.2 Å². The summed E-state index contributed by atoms with van der Waals surface area (Å²) >= 11 is 1.59. The number of nitrogen functional groups attached to an aromatic ring is 1. The molecule has 0 aliphatic heterocycles. The van der Waals surface area contributed by atoms with Crippen LogP contribution in [0.4, 0.5) is 11.4 Å². The molecule has 1 unspecified atom stereocenters. The van der Waals surface area contributed by atoms with Crippen LogP contribution < -0.4 is 11.1 Å². The van der Waals surface area contributed by atoms with E-state index in [1.54, 1.807) is 23.1 Å². The van der Waals surface area contributed by atoms with Gasteiger partial charge in [0.2, 0.25) is 0 Å². The number of hydrogen-bond acceptors (Lipinski definition) is 5. The molecule has 1 aromatic carbocycles. The summed E-state index contributed by atoms with van der Waals surface area (Å²) in [5.74, 6) is 0.882. The lowest BCUT2D eigenvalue weighted by Crippen LogP contribution is -2.07. The summed E-state index contributed by atoms with van der Waals surface area (Å²) in [4.78, 5) is 4.28. The summed E-state index contributed by atoms with van der Waals surface area (Å²) < 4.78 is 6.46. The Bertz CT molecular complexity index is 660. The number of thiazole rings is 1. The molecule has 92 valence electrons. The number of benzene rings is 1. The fraction of sp³-hybridized carbons (Fsp3) is 0.154. The van der Waals surface area contributed by atoms with Crippen molar-refractivity contribution in [2.45, 2.75) is 13.0 Å². The zero-order chi connectivity index (χ0) is 12.5. The molecule has 4 nitrogen and oxygen atoms in total. The van der Waals surface area contributed by atoms with Crippen LogP contribution in [0.2, 0.25) is 0 Å². The fourth-order valence-electron chi connectivity index (χ4n) is 1.92. The molecule has 0 saturated carbocycles. The monoisotopic (exact) mass is 259 g/mol. The summed E-state index contributed by atoms with van der Waals surface area (Å²) in [5, 5.41) is 3.34. The molecule has 0 aliphatic rings. The normalized spacial score (nSPS) is 12.7. The third-order valence-electron chi connectivity index (χ3n) is 2.88. The molecular weight excluding hydrogens is 246 g/mol. The Hall–Kier alpha value is -2.01. The Kier molecular flexibility index (Phi) is 2.68. The molecule has 3 N–H and O–H groups in total. The first kappa shape index (κ1) is 11.1. The fourth-order valence-corrected chi connectivity index (χ4v) is 2.61. The number of nitrogens with zero attached hydrogens (tertiary/aromatic N) is 1. The molecule has 2 heterocycles. The van der Waals surface area contributed by atoms with Gasteiger partial charge in [-0.25, -0.2) is 4.98 Å². The Morgan fingerprint density at radius 2 is 2.28 bits per heavy atom. The molecule has 3 rings (SSSR count). The largest absolute Gasteiger partial charge is 0.467 e. The third-order valence-corrected chi connectivity index (χ3v) is 3.68. The zero-order valence-electron chi connectivity index (χ0n) is 9.88. The van der Waals surface area contributed by atoms with Crippen LogP contribution in [0.1, 0.15) is 18.7 Å². The van der Waals surface area contributed by atoms with Gasteiger partial charge in [-0.2, -0.15) is 0 Å². The molecule has 0 saturated heterocycles. The second-order valence-electron chi connectivity index (χ2n) is 4.11. The molecule has 5 heteroatoms. The second-order valence-corrected chi connectivity index (χ2v) is 4.99. The van der Waals surface area contributed by atoms with Gasteiger partial charge in [-0.05, 0) is 31.2 Å². The predicted octanol–water partition coefficient (Wildman–Crippen LogP) is 3.64. The van der Waals surface area contributed by atoms with Gasteiger partial charge in [0.15, 0.2) is 0 Å². The summed E-state index contributed by atoms with van der Waals surface area (Å²) in [7, 11) is 0. The van der Waals surface area contributed by atoms with Crippen molar-refractivity contribution in [3.05, 3.63) is 41.8 Å². The average molecular weight is 259 g/mol. The van der Waals surface area contributed by atoms with Crippen molar-refractivity contribution in [2.24, 2.45) is 0 Å².